The number of ether oxygens (including phenoxy) is 1. The summed E-state index contributed by atoms with van der Waals surface area (Å²) in [5, 5.41) is 0.979. The summed E-state index contributed by atoms with van der Waals surface area (Å²) in [7, 11) is 1.75. The van der Waals surface area contributed by atoms with E-state index in [4.69, 9.17) is 21.3 Å². The predicted octanol–water partition coefficient (Wildman–Crippen LogP) is 3.88. The van der Waals surface area contributed by atoms with Gasteiger partial charge in [0, 0.05) is 12.8 Å². The summed E-state index contributed by atoms with van der Waals surface area (Å²) in [6.07, 6.45) is 5.60. The van der Waals surface area contributed by atoms with Crippen LogP contribution in [0.4, 0.5) is 0 Å². The van der Waals surface area contributed by atoms with Crippen molar-refractivity contribution in [2.75, 3.05) is 7.11 Å². The molecule has 17 heavy (non-hydrogen) atoms. The van der Waals surface area contributed by atoms with Crippen molar-refractivity contribution >= 4 is 11.6 Å². The molecule has 1 unspecified atom stereocenters. The average molecular weight is 254 g/mol. The van der Waals surface area contributed by atoms with Crippen molar-refractivity contribution in [1.82, 2.24) is 4.98 Å². The van der Waals surface area contributed by atoms with Crippen molar-refractivity contribution in [3.8, 4) is 0 Å². The number of methoxy groups -OCH3 is 1. The maximum absolute atomic E-state index is 6.43. The first-order valence-corrected chi connectivity index (χ1v) is 6.92. The van der Waals surface area contributed by atoms with E-state index in [0.29, 0.717) is 0 Å². The molecule has 0 fully saturated rings. The van der Waals surface area contributed by atoms with Crippen LogP contribution in [-0.4, -0.2) is 12.1 Å². The highest BCUT2D eigenvalue weighted by Gasteiger charge is 2.30. The minimum absolute atomic E-state index is 0.170. The van der Waals surface area contributed by atoms with Crippen LogP contribution >= 0.6 is 11.6 Å². The molecule has 94 valence electrons. The van der Waals surface area contributed by atoms with Crippen LogP contribution in [0.25, 0.3) is 0 Å². The van der Waals surface area contributed by atoms with Crippen LogP contribution in [0.5, 0.6) is 0 Å². The molecule has 0 N–H and O–H groups in total. The Hall–Kier alpha value is -0.600. The Morgan fingerprint density at radius 1 is 1.18 bits per heavy atom. The standard InChI is InChI=1S/C12H14ClNO.C2H6/c1-15-10-6-5-8-11(13)7-3-2-4-9(7)14-12(8)10;1-2/h10H,2-6H2,1H3;1-2H3. The molecule has 0 saturated carbocycles. The van der Waals surface area contributed by atoms with E-state index in [0.717, 1.165) is 36.4 Å². The number of fused-ring (bicyclic) bond motifs is 2. The van der Waals surface area contributed by atoms with Gasteiger partial charge in [-0.3, -0.25) is 4.98 Å². The van der Waals surface area contributed by atoms with Crippen molar-refractivity contribution in [3.05, 3.63) is 27.5 Å². The molecule has 0 radical (unpaired) electrons. The molecule has 1 aromatic heterocycles. The Kier molecular flexibility index (Phi) is 4.05. The van der Waals surface area contributed by atoms with E-state index in [-0.39, 0.29) is 6.10 Å². The molecule has 0 aromatic carbocycles. The van der Waals surface area contributed by atoms with Gasteiger partial charge in [-0.25, -0.2) is 0 Å². The number of pyridine rings is 1. The highest BCUT2D eigenvalue weighted by atomic mass is 35.5. The number of hydrogen-bond acceptors (Lipinski definition) is 2. The fourth-order valence-corrected chi connectivity index (χ4v) is 3.14. The number of rotatable bonds is 1. The van der Waals surface area contributed by atoms with Crippen molar-refractivity contribution in [2.24, 2.45) is 0 Å². The van der Waals surface area contributed by atoms with Gasteiger partial charge in [0.25, 0.3) is 0 Å². The molecular formula is C14H20ClNO. The first-order valence-electron chi connectivity index (χ1n) is 6.54. The molecule has 0 amide bonds. The lowest BCUT2D eigenvalue weighted by Gasteiger charge is -2.11. The van der Waals surface area contributed by atoms with Crippen molar-refractivity contribution < 1.29 is 4.74 Å². The minimum atomic E-state index is 0.170. The third-order valence-corrected chi connectivity index (χ3v) is 3.99. The molecule has 1 heterocycles. The van der Waals surface area contributed by atoms with Crippen LogP contribution in [0.3, 0.4) is 0 Å². The van der Waals surface area contributed by atoms with E-state index in [9.17, 15) is 0 Å². The predicted molar refractivity (Wildman–Crippen MR) is 70.7 cm³/mol. The highest BCUT2D eigenvalue weighted by molar-refractivity contribution is 6.32. The van der Waals surface area contributed by atoms with Crippen LogP contribution in [0, 0.1) is 0 Å². The highest BCUT2D eigenvalue weighted by Crippen LogP contribution is 2.40. The molecule has 0 saturated heterocycles. The molecule has 3 heteroatoms. The summed E-state index contributed by atoms with van der Waals surface area (Å²) in [6.45, 7) is 4.00. The van der Waals surface area contributed by atoms with E-state index in [1.165, 1.54) is 23.2 Å². The SMILES string of the molecule is CC.COC1CCc2c1nc1c(c2Cl)CCC1. The van der Waals surface area contributed by atoms with Gasteiger partial charge in [-0.1, -0.05) is 25.4 Å². The van der Waals surface area contributed by atoms with Crippen LogP contribution in [0.2, 0.25) is 5.02 Å². The van der Waals surface area contributed by atoms with E-state index in [1.54, 1.807) is 7.11 Å². The number of aromatic nitrogens is 1. The summed E-state index contributed by atoms with van der Waals surface area (Å²) in [5.41, 5.74) is 4.85. The van der Waals surface area contributed by atoms with Gasteiger partial charge in [0.15, 0.2) is 0 Å². The summed E-state index contributed by atoms with van der Waals surface area (Å²) >= 11 is 6.43. The molecular weight excluding hydrogens is 234 g/mol. The normalized spacial score (nSPS) is 20.6. The van der Waals surface area contributed by atoms with Crippen molar-refractivity contribution in [1.29, 1.82) is 0 Å². The van der Waals surface area contributed by atoms with Crippen LogP contribution in [0.1, 0.15) is 55.3 Å². The van der Waals surface area contributed by atoms with E-state index in [1.807, 2.05) is 13.8 Å². The Morgan fingerprint density at radius 2 is 1.94 bits per heavy atom. The molecule has 1 atom stereocenters. The third-order valence-electron chi connectivity index (χ3n) is 3.53. The number of nitrogens with zero attached hydrogens (tertiary/aromatic N) is 1. The fraction of sp³-hybridized carbons (Fsp3) is 0.643. The van der Waals surface area contributed by atoms with Gasteiger partial charge in [-0.15, -0.1) is 0 Å². The first-order chi connectivity index (χ1) is 8.31. The lowest BCUT2D eigenvalue weighted by Crippen LogP contribution is -2.02. The zero-order chi connectivity index (χ0) is 12.4. The zero-order valence-corrected chi connectivity index (χ0v) is 11.6. The maximum Gasteiger partial charge on any atom is 0.0997 e. The monoisotopic (exact) mass is 253 g/mol. The zero-order valence-electron chi connectivity index (χ0n) is 10.8. The number of hydrogen-bond donors (Lipinski definition) is 0. The Labute approximate surface area is 108 Å². The van der Waals surface area contributed by atoms with Gasteiger partial charge in [0.05, 0.1) is 16.8 Å². The second kappa shape index (κ2) is 5.36. The quantitative estimate of drug-likeness (QED) is 0.758. The Balaban J connectivity index is 0.000000514. The summed E-state index contributed by atoms with van der Waals surface area (Å²) in [4.78, 5) is 4.74. The molecule has 3 rings (SSSR count). The molecule has 0 bridgehead atoms. The molecule has 2 aliphatic carbocycles. The smallest absolute Gasteiger partial charge is 0.0997 e. The average Bonchev–Trinajstić information content (AvgIpc) is 2.98. The van der Waals surface area contributed by atoms with E-state index < -0.39 is 0 Å². The van der Waals surface area contributed by atoms with Crippen LogP contribution in [0.15, 0.2) is 0 Å². The largest absolute Gasteiger partial charge is 0.375 e. The van der Waals surface area contributed by atoms with E-state index in [2.05, 4.69) is 0 Å². The summed E-state index contributed by atoms with van der Waals surface area (Å²) in [6, 6.07) is 0. The number of aryl methyl sites for hydroxylation is 1. The van der Waals surface area contributed by atoms with Gasteiger partial charge in [0.1, 0.15) is 0 Å². The van der Waals surface area contributed by atoms with Crippen molar-refractivity contribution in [3.63, 3.8) is 0 Å². The second-order valence-electron chi connectivity index (χ2n) is 4.33. The molecule has 0 spiro atoms. The summed E-state index contributed by atoms with van der Waals surface area (Å²) < 4.78 is 5.43. The molecule has 2 nitrogen and oxygen atoms in total. The lowest BCUT2D eigenvalue weighted by molar-refractivity contribution is 0.102. The van der Waals surface area contributed by atoms with Gasteiger partial charge in [0.2, 0.25) is 0 Å². The minimum Gasteiger partial charge on any atom is -0.375 e. The Bertz CT molecular complexity index is 417. The molecule has 1 aromatic rings. The first kappa shape index (κ1) is 12.8. The molecule has 2 aliphatic rings. The topological polar surface area (TPSA) is 22.1 Å². The van der Waals surface area contributed by atoms with Crippen LogP contribution < -0.4 is 0 Å². The summed E-state index contributed by atoms with van der Waals surface area (Å²) in [5.74, 6) is 0. The van der Waals surface area contributed by atoms with Gasteiger partial charge < -0.3 is 4.74 Å². The van der Waals surface area contributed by atoms with Gasteiger partial charge in [-0.05, 0) is 43.2 Å². The van der Waals surface area contributed by atoms with Gasteiger partial charge >= 0.3 is 0 Å². The maximum atomic E-state index is 6.43. The third kappa shape index (κ3) is 2.09. The second-order valence-corrected chi connectivity index (χ2v) is 4.71. The number of halogens is 1. The molecule has 0 aliphatic heterocycles. The van der Waals surface area contributed by atoms with Crippen molar-refractivity contribution in [2.45, 2.75) is 52.1 Å². The Morgan fingerprint density at radius 3 is 2.65 bits per heavy atom. The fourth-order valence-electron chi connectivity index (χ4n) is 2.74. The van der Waals surface area contributed by atoms with Gasteiger partial charge in [-0.2, -0.15) is 0 Å². The lowest BCUT2D eigenvalue weighted by atomic mass is 10.1. The van der Waals surface area contributed by atoms with E-state index >= 15 is 0 Å². The van der Waals surface area contributed by atoms with Crippen LogP contribution in [-0.2, 0) is 24.0 Å².